The predicted molar refractivity (Wildman–Crippen MR) is 213 cm³/mol. The molecule has 0 aromatic heterocycles. The molecule has 0 bridgehead atoms. The van der Waals surface area contributed by atoms with E-state index < -0.39 is 34.4 Å². The lowest BCUT2D eigenvalue weighted by atomic mass is 9.99. The molecule has 0 radical (unpaired) electrons. The number of nitrogens with one attached hydrogen (secondary N) is 2. The Balaban J connectivity index is 1.13. The second kappa shape index (κ2) is 18.8. The van der Waals surface area contributed by atoms with Crippen molar-refractivity contribution in [3.63, 3.8) is 0 Å². The van der Waals surface area contributed by atoms with E-state index in [0.717, 1.165) is 33.4 Å². The molecule has 5 aromatic rings. The number of aliphatic hydroxyl groups excluding tert-OH is 2. The number of hydrogen-bond donors (Lipinski definition) is 5. The number of aromatic hydroxyl groups is 1. The number of amides is 1. The van der Waals surface area contributed by atoms with Crippen molar-refractivity contribution >= 4 is 15.9 Å². The number of benzene rings is 5. The van der Waals surface area contributed by atoms with Crippen molar-refractivity contribution < 1.29 is 38.0 Å². The van der Waals surface area contributed by atoms with Gasteiger partial charge in [0.1, 0.15) is 11.8 Å². The van der Waals surface area contributed by atoms with E-state index >= 15 is 0 Å². The summed E-state index contributed by atoms with van der Waals surface area (Å²) in [7, 11) is -2.07. The summed E-state index contributed by atoms with van der Waals surface area (Å²) >= 11 is 0. The minimum Gasteiger partial charge on any atom is -0.508 e. The van der Waals surface area contributed by atoms with Gasteiger partial charge in [-0.2, -0.15) is 4.72 Å². The first-order valence-electron chi connectivity index (χ1n) is 18.6. The molecular formula is C44H49N3O8S. The van der Waals surface area contributed by atoms with Gasteiger partial charge in [-0.3, -0.25) is 4.79 Å². The van der Waals surface area contributed by atoms with Gasteiger partial charge in [0.05, 0.1) is 29.8 Å². The molecule has 0 saturated carbocycles. The topological polar surface area (TPSA) is 158 Å². The van der Waals surface area contributed by atoms with Crippen LogP contribution in [-0.2, 0) is 43.9 Å². The number of sulfonamides is 1. The van der Waals surface area contributed by atoms with Crippen LogP contribution in [0.4, 0.5) is 0 Å². The minimum absolute atomic E-state index is 0.0595. The van der Waals surface area contributed by atoms with Crippen LogP contribution in [0.25, 0.3) is 0 Å². The van der Waals surface area contributed by atoms with Crippen LogP contribution in [0.1, 0.15) is 63.9 Å². The van der Waals surface area contributed by atoms with Crippen LogP contribution in [0.3, 0.4) is 0 Å². The summed E-state index contributed by atoms with van der Waals surface area (Å²) in [5.41, 5.74) is 5.68. The van der Waals surface area contributed by atoms with Gasteiger partial charge in [0, 0.05) is 31.6 Å². The fourth-order valence-corrected chi connectivity index (χ4v) is 7.90. The number of aliphatic hydroxyl groups is 2. The van der Waals surface area contributed by atoms with Crippen LogP contribution < -0.4 is 10.0 Å². The minimum atomic E-state index is -3.98. The maximum Gasteiger partial charge on any atom is 0.241 e. The molecule has 1 heterocycles. The Kier molecular flexibility index (Phi) is 13.7. The van der Waals surface area contributed by atoms with E-state index in [9.17, 15) is 28.5 Å². The average molecular weight is 780 g/mol. The van der Waals surface area contributed by atoms with Gasteiger partial charge in [0.25, 0.3) is 0 Å². The van der Waals surface area contributed by atoms with Crippen molar-refractivity contribution in [1.29, 1.82) is 0 Å². The molecule has 1 aliphatic heterocycles. The SMILES string of the molecule is Cc1ccc(S(=O)(=O)NC(Cc2ccccc2)C(=O)NCc2ccc(C3OC(CN(C)CC(O)c4cccc(O)c4)CC(c4ccc(CO)cc4)O3)cc2)cc1. The number of nitrogens with zero attached hydrogens (tertiary/aromatic N) is 1. The van der Waals surface area contributed by atoms with Gasteiger partial charge in [-0.15, -0.1) is 0 Å². The molecule has 12 heteroatoms. The lowest BCUT2D eigenvalue weighted by Crippen LogP contribution is -2.47. The number of carbonyl (C=O) groups excluding carboxylic acids is 1. The normalized spacial score (nSPS) is 18.3. The molecule has 1 saturated heterocycles. The van der Waals surface area contributed by atoms with Crippen LogP contribution in [0.5, 0.6) is 5.75 Å². The molecule has 294 valence electrons. The van der Waals surface area contributed by atoms with E-state index in [1.165, 1.54) is 12.1 Å². The Bertz CT molecular complexity index is 2130. The van der Waals surface area contributed by atoms with E-state index in [1.54, 1.807) is 36.4 Å². The third kappa shape index (κ3) is 11.1. The molecule has 5 atom stereocenters. The third-order valence-electron chi connectivity index (χ3n) is 9.82. The molecule has 56 heavy (non-hydrogen) atoms. The average Bonchev–Trinajstić information content (AvgIpc) is 3.20. The number of phenols is 1. The van der Waals surface area contributed by atoms with Crippen molar-refractivity contribution in [1.82, 2.24) is 14.9 Å². The molecule has 5 N–H and O–H groups in total. The number of aryl methyl sites for hydroxylation is 1. The number of rotatable bonds is 16. The zero-order chi connectivity index (χ0) is 39.7. The van der Waals surface area contributed by atoms with Gasteiger partial charge >= 0.3 is 0 Å². The van der Waals surface area contributed by atoms with E-state index in [-0.39, 0.29) is 42.4 Å². The zero-order valence-corrected chi connectivity index (χ0v) is 32.3. The molecule has 1 aliphatic rings. The number of carbonyl (C=O) groups is 1. The summed E-state index contributed by atoms with van der Waals surface area (Å²) in [6.07, 6.45) is -1.36. The van der Waals surface area contributed by atoms with Gasteiger partial charge in [-0.25, -0.2) is 8.42 Å². The lowest BCUT2D eigenvalue weighted by Gasteiger charge is -2.38. The summed E-state index contributed by atoms with van der Waals surface area (Å²) < 4.78 is 42.2. The summed E-state index contributed by atoms with van der Waals surface area (Å²) in [5, 5.41) is 33.2. The van der Waals surface area contributed by atoms with Crippen molar-refractivity contribution in [2.45, 2.75) is 68.5 Å². The number of ether oxygens (including phenoxy) is 2. The summed E-state index contributed by atoms with van der Waals surface area (Å²) in [4.78, 5) is 15.6. The Morgan fingerprint density at radius 1 is 0.839 bits per heavy atom. The molecule has 1 amide bonds. The fraction of sp³-hybridized carbons (Fsp3) is 0.295. The van der Waals surface area contributed by atoms with Crippen LogP contribution >= 0.6 is 0 Å². The standard InChI is InChI=1S/C44H49N3O8S/c1-30-11-21-39(22-12-30)56(52,53)46-40(23-31-7-4-3-5-8-31)43(51)45-26-32-13-19-35(20-14-32)44-54-38(25-42(55-44)34-17-15-33(29-48)16-18-34)27-47(2)28-41(50)36-9-6-10-37(49)24-36/h3-22,24,38,40-42,44,46,48-50H,23,25-29H2,1-2H3,(H,45,51). The monoisotopic (exact) mass is 779 g/mol. The van der Waals surface area contributed by atoms with Crippen molar-refractivity contribution in [2.24, 2.45) is 0 Å². The van der Waals surface area contributed by atoms with Crippen molar-refractivity contribution in [3.8, 4) is 5.75 Å². The van der Waals surface area contributed by atoms with Crippen LogP contribution in [0.15, 0.2) is 132 Å². The molecule has 0 aliphatic carbocycles. The largest absolute Gasteiger partial charge is 0.508 e. The molecule has 5 unspecified atom stereocenters. The first-order chi connectivity index (χ1) is 26.9. The smallest absolute Gasteiger partial charge is 0.241 e. The van der Waals surface area contributed by atoms with Gasteiger partial charge in [-0.1, -0.05) is 109 Å². The van der Waals surface area contributed by atoms with Crippen LogP contribution in [0, 0.1) is 6.92 Å². The fourth-order valence-electron chi connectivity index (χ4n) is 6.70. The maximum atomic E-state index is 13.6. The highest BCUT2D eigenvalue weighted by atomic mass is 32.2. The highest BCUT2D eigenvalue weighted by molar-refractivity contribution is 7.89. The van der Waals surface area contributed by atoms with E-state index in [4.69, 9.17) is 9.47 Å². The van der Waals surface area contributed by atoms with Crippen molar-refractivity contribution in [2.75, 3.05) is 20.1 Å². The van der Waals surface area contributed by atoms with Crippen molar-refractivity contribution in [3.05, 3.63) is 166 Å². The van der Waals surface area contributed by atoms with E-state index in [0.29, 0.717) is 25.1 Å². The number of hydrogen-bond acceptors (Lipinski definition) is 9. The third-order valence-corrected chi connectivity index (χ3v) is 11.3. The highest BCUT2D eigenvalue weighted by Crippen LogP contribution is 2.38. The Morgan fingerprint density at radius 2 is 1.52 bits per heavy atom. The predicted octanol–water partition coefficient (Wildman–Crippen LogP) is 5.61. The Hall–Kier alpha value is -4.92. The quantitative estimate of drug-likeness (QED) is 0.0859. The molecule has 11 nitrogen and oxygen atoms in total. The molecular weight excluding hydrogens is 731 g/mol. The second-order valence-corrected chi connectivity index (χ2v) is 16.0. The van der Waals surface area contributed by atoms with Gasteiger partial charge in [0.2, 0.25) is 15.9 Å². The number of likely N-dealkylation sites (N-methyl/N-ethyl adjacent to an activating group) is 1. The van der Waals surface area contributed by atoms with Gasteiger partial charge in [0.15, 0.2) is 6.29 Å². The second-order valence-electron chi connectivity index (χ2n) is 14.3. The lowest BCUT2D eigenvalue weighted by molar-refractivity contribution is -0.252. The first-order valence-corrected chi connectivity index (χ1v) is 20.1. The molecule has 0 spiro atoms. The summed E-state index contributed by atoms with van der Waals surface area (Å²) in [5.74, 6) is -0.361. The molecule has 6 rings (SSSR count). The molecule has 1 fully saturated rings. The Morgan fingerprint density at radius 3 is 2.20 bits per heavy atom. The van der Waals surface area contributed by atoms with Crippen LogP contribution in [-0.4, -0.2) is 66.8 Å². The van der Waals surface area contributed by atoms with E-state index in [1.807, 2.05) is 97.7 Å². The summed E-state index contributed by atoms with van der Waals surface area (Å²) in [6, 6.07) is 36.4. The maximum absolute atomic E-state index is 13.6. The number of phenolic OH excluding ortho intramolecular Hbond substituents is 1. The highest BCUT2D eigenvalue weighted by Gasteiger charge is 2.33. The van der Waals surface area contributed by atoms with Crippen LogP contribution in [0.2, 0.25) is 0 Å². The summed E-state index contributed by atoms with van der Waals surface area (Å²) in [6.45, 7) is 2.81. The van der Waals surface area contributed by atoms with Gasteiger partial charge in [-0.05, 0) is 72.5 Å². The molecule has 5 aromatic carbocycles. The Labute approximate surface area is 328 Å². The van der Waals surface area contributed by atoms with Gasteiger partial charge < -0.3 is 35.0 Å². The zero-order valence-electron chi connectivity index (χ0n) is 31.5. The first kappa shape index (κ1) is 40.7. The van der Waals surface area contributed by atoms with E-state index in [2.05, 4.69) is 10.0 Å².